The Kier molecular flexibility index (Phi) is 6.39. The number of carbonyl (C=O) groups excluding carboxylic acids is 1. The van der Waals surface area contributed by atoms with Gasteiger partial charge in [-0.3, -0.25) is 9.59 Å². The molecule has 1 fully saturated rings. The van der Waals surface area contributed by atoms with Gasteiger partial charge in [0.2, 0.25) is 0 Å². The molecule has 1 saturated heterocycles. The molecule has 1 aromatic heterocycles. The van der Waals surface area contributed by atoms with Crippen LogP contribution >= 0.6 is 11.3 Å². The van der Waals surface area contributed by atoms with Crippen LogP contribution in [0.2, 0.25) is 0 Å². The zero-order chi connectivity index (χ0) is 18.4. The lowest BCUT2D eigenvalue weighted by molar-refractivity contribution is -0.137. The number of carboxylic acids is 1. The summed E-state index contributed by atoms with van der Waals surface area (Å²) in [6, 6.07) is 10.3. The topological polar surface area (TPSA) is 70.5 Å². The summed E-state index contributed by atoms with van der Waals surface area (Å²) in [5, 5.41) is 11.7. The van der Waals surface area contributed by atoms with E-state index in [4.69, 9.17) is 5.11 Å². The van der Waals surface area contributed by atoms with E-state index in [1.54, 1.807) is 0 Å². The van der Waals surface area contributed by atoms with Crippen LogP contribution in [0.15, 0.2) is 35.7 Å². The fourth-order valence-electron chi connectivity index (χ4n) is 3.39. The lowest BCUT2D eigenvalue weighted by Gasteiger charge is -2.32. The second kappa shape index (κ2) is 8.94. The monoisotopic (exact) mass is 372 g/mol. The normalized spacial score (nSPS) is 17.2. The van der Waals surface area contributed by atoms with Crippen molar-refractivity contribution < 1.29 is 14.7 Å². The number of piperidine rings is 1. The fourth-order valence-corrected chi connectivity index (χ4v) is 4.17. The average Bonchev–Trinajstić information content (AvgIpc) is 3.14. The zero-order valence-electron chi connectivity index (χ0n) is 14.8. The Morgan fingerprint density at radius 1 is 1.23 bits per heavy atom. The van der Waals surface area contributed by atoms with E-state index in [1.165, 1.54) is 16.9 Å². The Bertz CT molecular complexity index is 745. The van der Waals surface area contributed by atoms with Crippen molar-refractivity contribution in [2.24, 2.45) is 5.92 Å². The van der Waals surface area contributed by atoms with Crippen molar-refractivity contribution in [3.63, 3.8) is 0 Å². The van der Waals surface area contributed by atoms with Crippen molar-refractivity contribution in [1.29, 1.82) is 0 Å². The van der Waals surface area contributed by atoms with Gasteiger partial charge in [-0.15, -0.1) is 11.3 Å². The highest BCUT2D eigenvalue weighted by Gasteiger charge is 2.26. The Balaban J connectivity index is 1.54. The minimum atomic E-state index is -0.768. The van der Waals surface area contributed by atoms with Crippen LogP contribution in [0.25, 0.3) is 0 Å². The lowest BCUT2D eigenvalue weighted by Crippen LogP contribution is -2.40. The smallest absolute Gasteiger partial charge is 0.303 e. The molecule has 0 saturated carbocycles. The predicted octanol–water partition coefficient (Wildman–Crippen LogP) is 3.65. The second-order valence-electron chi connectivity index (χ2n) is 6.80. The van der Waals surface area contributed by atoms with Gasteiger partial charge in [0.1, 0.15) is 5.69 Å². The number of carbonyl (C=O) groups is 2. The lowest BCUT2D eigenvalue weighted by atomic mass is 9.93. The molecule has 0 bridgehead atoms. The standard InChI is InChI=1S/C20H24N2O3S/c23-19(24)11-9-16-7-4-12-22(13-16)20(25)17-14-26-18(21-17)10-8-15-5-2-1-3-6-15/h1-3,5-6,14,16H,4,7-13H2,(H,23,24). The molecule has 1 N–H and O–H groups in total. The number of hydrogen-bond acceptors (Lipinski definition) is 4. The van der Waals surface area contributed by atoms with Crippen molar-refractivity contribution in [2.45, 2.75) is 38.5 Å². The quantitative estimate of drug-likeness (QED) is 0.805. The van der Waals surface area contributed by atoms with Crippen LogP contribution in [-0.2, 0) is 17.6 Å². The summed E-state index contributed by atoms with van der Waals surface area (Å²) in [6.07, 6.45) is 4.50. The molecule has 0 aliphatic carbocycles. The molecule has 2 aromatic rings. The molecule has 1 unspecified atom stereocenters. The van der Waals surface area contributed by atoms with E-state index in [-0.39, 0.29) is 18.2 Å². The molecule has 1 atom stereocenters. The number of hydrogen-bond donors (Lipinski definition) is 1. The molecular formula is C20H24N2O3S. The Morgan fingerprint density at radius 2 is 2.04 bits per heavy atom. The molecule has 6 heteroatoms. The number of benzene rings is 1. The number of aliphatic carboxylic acids is 1. The van der Waals surface area contributed by atoms with Crippen molar-refractivity contribution in [3.05, 3.63) is 52.0 Å². The Hall–Kier alpha value is -2.21. The summed E-state index contributed by atoms with van der Waals surface area (Å²) in [7, 11) is 0. The fraction of sp³-hybridized carbons (Fsp3) is 0.450. The van der Waals surface area contributed by atoms with E-state index < -0.39 is 5.97 Å². The van der Waals surface area contributed by atoms with Crippen LogP contribution in [0.4, 0.5) is 0 Å². The van der Waals surface area contributed by atoms with E-state index >= 15 is 0 Å². The third-order valence-electron chi connectivity index (χ3n) is 4.81. The van der Waals surface area contributed by atoms with Gasteiger partial charge in [0.25, 0.3) is 5.91 Å². The van der Waals surface area contributed by atoms with Gasteiger partial charge in [0.05, 0.1) is 5.01 Å². The van der Waals surface area contributed by atoms with Crippen molar-refractivity contribution in [2.75, 3.05) is 13.1 Å². The van der Waals surface area contributed by atoms with E-state index in [9.17, 15) is 9.59 Å². The van der Waals surface area contributed by atoms with Crippen LogP contribution in [-0.4, -0.2) is 40.0 Å². The molecule has 0 spiro atoms. The van der Waals surface area contributed by atoms with Crippen molar-refractivity contribution in [3.8, 4) is 0 Å². The first-order chi connectivity index (χ1) is 12.6. The first kappa shape index (κ1) is 18.6. The number of aromatic nitrogens is 1. The van der Waals surface area contributed by atoms with Crippen LogP contribution in [0, 0.1) is 5.92 Å². The van der Waals surface area contributed by atoms with Gasteiger partial charge in [-0.2, -0.15) is 0 Å². The van der Waals surface area contributed by atoms with Gasteiger partial charge in [-0.05, 0) is 37.2 Å². The maximum Gasteiger partial charge on any atom is 0.303 e. The minimum Gasteiger partial charge on any atom is -0.481 e. The summed E-state index contributed by atoms with van der Waals surface area (Å²) in [5.41, 5.74) is 1.80. The largest absolute Gasteiger partial charge is 0.481 e. The first-order valence-corrected chi connectivity index (χ1v) is 9.99. The number of likely N-dealkylation sites (tertiary alicyclic amines) is 1. The SMILES string of the molecule is O=C(O)CCC1CCCN(C(=O)c2csc(CCc3ccccc3)n2)C1. The van der Waals surface area contributed by atoms with E-state index in [2.05, 4.69) is 17.1 Å². The van der Waals surface area contributed by atoms with E-state index in [1.807, 2.05) is 28.5 Å². The van der Waals surface area contributed by atoms with Crippen LogP contribution in [0.5, 0.6) is 0 Å². The number of carboxylic acid groups (broad SMARTS) is 1. The van der Waals surface area contributed by atoms with Crippen LogP contribution < -0.4 is 0 Å². The summed E-state index contributed by atoms with van der Waals surface area (Å²) >= 11 is 1.54. The van der Waals surface area contributed by atoms with Gasteiger partial charge in [-0.25, -0.2) is 4.98 Å². The third kappa shape index (κ3) is 5.14. The number of amides is 1. The summed E-state index contributed by atoms with van der Waals surface area (Å²) in [6.45, 7) is 1.38. The number of aryl methyl sites for hydroxylation is 2. The molecule has 138 valence electrons. The molecule has 1 aliphatic heterocycles. The highest BCUT2D eigenvalue weighted by Crippen LogP contribution is 2.23. The molecule has 1 amide bonds. The third-order valence-corrected chi connectivity index (χ3v) is 5.72. The number of nitrogens with zero attached hydrogens (tertiary/aromatic N) is 2. The Morgan fingerprint density at radius 3 is 2.81 bits per heavy atom. The van der Waals surface area contributed by atoms with Gasteiger partial charge in [-0.1, -0.05) is 30.3 Å². The van der Waals surface area contributed by atoms with E-state index in [0.717, 1.165) is 37.2 Å². The van der Waals surface area contributed by atoms with Gasteiger partial charge in [0, 0.05) is 31.3 Å². The average molecular weight is 372 g/mol. The highest BCUT2D eigenvalue weighted by molar-refractivity contribution is 7.09. The highest BCUT2D eigenvalue weighted by atomic mass is 32.1. The molecular weight excluding hydrogens is 348 g/mol. The Labute approximate surface area is 157 Å². The molecule has 2 heterocycles. The predicted molar refractivity (Wildman–Crippen MR) is 101 cm³/mol. The summed E-state index contributed by atoms with van der Waals surface area (Å²) in [5.74, 6) is -0.511. The van der Waals surface area contributed by atoms with Gasteiger partial charge >= 0.3 is 5.97 Å². The summed E-state index contributed by atoms with van der Waals surface area (Å²) < 4.78 is 0. The number of thiazole rings is 1. The molecule has 0 radical (unpaired) electrons. The zero-order valence-corrected chi connectivity index (χ0v) is 15.6. The van der Waals surface area contributed by atoms with Crippen molar-refractivity contribution in [1.82, 2.24) is 9.88 Å². The minimum absolute atomic E-state index is 0.0211. The molecule has 1 aromatic carbocycles. The van der Waals surface area contributed by atoms with E-state index in [0.29, 0.717) is 18.7 Å². The van der Waals surface area contributed by atoms with Crippen LogP contribution in [0.3, 0.4) is 0 Å². The molecule has 3 rings (SSSR count). The molecule has 1 aliphatic rings. The molecule has 26 heavy (non-hydrogen) atoms. The first-order valence-electron chi connectivity index (χ1n) is 9.11. The van der Waals surface area contributed by atoms with Gasteiger partial charge < -0.3 is 10.0 Å². The van der Waals surface area contributed by atoms with Crippen LogP contribution in [0.1, 0.15) is 46.7 Å². The van der Waals surface area contributed by atoms with Crippen molar-refractivity contribution >= 4 is 23.2 Å². The maximum atomic E-state index is 12.7. The number of rotatable bonds is 7. The second-order valence-corrected chi connectivity index (χ2v) is 7.75. The van der Waals surface area contributed by atoms with Gasteiger partial charge in [0.15, 0.2) is 0 Å². The summed E-state index contributed by atoms with van der Waals surface area (Å²) in [4.78, 5) is 29.9. The maximum absolute atomic E-state index is 12.7. The molecule has 5 nitrogen and oxygen atoms in total.